The van der Waals surface area contributed by atoms with Gasteiger partial charge in [-0.1, -0.05) is 36.4 Å². The number of methoxy groups -OCH3 is 1. The fourth-order valence-corrected chi connectivity index (χ4v) is 3.31. The van der Waals surface area contributed by atoms with Gasteiger partial charge < -0.3 is 23.8 Å². The summed E-state index contributed by atoms with van der Waals surface area (Å²) < 4.78 is 21.4. The average molecular weight is 383 g/mol. The van der Waals surface area contributed by atoms with Crippen LogP contribution in [0.15, 0.2) is 48.5 Å². The van der Waals surface area contributed by atoms with E-state index in [0.29, 0.717) is 31.0 Å². The van der Waals surface area contributed by atoms with Crippen LogP contribution in [-0.2, 0) is 20.7 Å². The SMILES string of the molecule is COC(=O)C1COc2cc(CCN3C[C@@H](c4ccccc4)OC3=O)ccc2O1. The van der Waals surface area contributed by atoms with E-state index in [1.165, 1.54) is 7.11 Å². The van der Waals surface area contributed by atoms with Crippen LogP contribution in [0.2, 0.25) is 0 Å². The summed E-state index contributed by atoms with van der Waals surface area (Å²) in [7, 11) is 1.32. The van der Waals surface area contributed by atoms with Gasteiger partial charge in [0.05, 0.1) is 13.7 Å². The normalized spacial score (nSPS) is 20.6. The Labute approximate surface area is 162 Å². The Hall–Kier alpha value is -3.22. The first kappa shape index (κ1) is 18.2. The molecule has 0 aliphatic carbocycles. The lowest BCUT2D eigenvalue weighted by Gasteiger charge is -2.25. The fraction of sp³-hybridized carbons (Fsp3) is 0.333. The number of carbonyl (C=O) groups is 2. The van der Waals surface area contributed by atoms with Crippen molar-refractivity contribution >= 4 is 12.1 Å². The molecule has 2 heterocycles. The van der Waals surface area contributed by atoms with Crippen molar-refractivity contribution in [3.05, 3.63) is 59.7 Å². The molecule has 0 aromatic heterocycles. The van der Waals surface area contributed by atoms with E-state index in [-0.39, 0.29) is 18.8 Å². The van der Waals surface area contributed by atoms with Crippen LogP contribution in [0.4, 0.5) is 4.79 Å². The molecule has 0 N–H and O–H groups in total. The fourth-order valence-electron chi connectivity index (χ4n) is 3.31. The Morgan fingerprint density at radius 3 is 2.75 bits per heavy atom. The summed E-state index contributed by atoms with van der Waals surface area (Å²) in [5.74, 6) is 0.634. The van der Waals surface area contributed by atoms with E-state index >= 15 is 0 Å². The summed E-state index contributed by atoms with van der Waals surface area (Å²) in [5.41, 5.74) is 2.01. The second-order valence-electron chi connectivity index (χ2n) is 6.70. The van der Waals surface area contributed by atoms with Crippen LogP contribution in [0.5, 0.6) is 11.5 Å². The summed E-state index contributed by atoms with van der Waals surface area (Å²) in [6.07, 6.45) is -0.623. The van der Waals surface area contributed by atoms with Crippen molar-refractivity contribution in [2.24, 2.45) is 0 Å². The number of fused-ring (bicyclic) bond motifs is 1. The molecule has 4 rings (SSSR count). The Morgan fingerprint density at radius 1 is 1.14 bits per heavy atom. The molecule has 1 unspecified atom stereocenters. The quantitative estimate of drug-likeness (QED) is 0.739. The van der Waals surface area contributed by atoms with E-state index in [4.69, 9.17) is 14.2 Å². The summed E-state index contributed by atoms with van der Waals surface area (Å²) in [6.45, 7) is 1.20. The minimum Gasteiger partial charge on any atom is -0.485 e. The van der Waals surface area contributed by atoms with Gasteiger partial charge in [-0.15, -0.1) is 0 Å². The second kappa shape index (κ2) is 7.80. The van der Waals surface area contributed by atoms with Gasteiger partial charge in [0.1, 0.15) is 12.7 Å². The van der Waals surface area contributed by atoms with Crippen LogP contribution in [0.3, 0.4) is 0 Å². The zero-order valence-electron chi connectivity index (χ0n) is 15.5. The average Bonchev–Trinajstić information content (AvgIpc) is 3.12. The second-order valence-corrected chi connectivity index (χ2v) is 6.70. The van der Waals surface area contributed by atoms with Crippen LogP contribution in [0.1, 0.15) is 17.2 Å². The minimum atomic E-state index is -0.752. The van der Waals surface area contributed by atoms with Gasteiger partial charge in [-0.25, -0.2) is 9.59 Å². The van der Waals surface area contributed by atoms with Crippen LogP contribution in [0, 0.1) is 0 Å². The molecule has 7 nitrogen and oxygen atoms in total. The van der Waals surface area contributed by atoms with E-state index in [2.05, 4.69) is 4.74 Å². The van der Waals surface area contributed by atoms with Crippen molar-refractivity contribution in [3.63, 3.8) is 0 Å². The molecule has 2 aromatic rings. The number of hydrogen-bond acceptors (Lipinski definition) is 6. The van der Waals surface area contributed by atoms with Crippen LogP contribution < -0.4 is 9.47 Å². The van der Waals surface area contributed by atoms with Crippen molar-refractivity contribution in [2.75, 3.05) is 26.8 Å². The number of carbonyl (C=O) groups excluding carboxylic acids is 2. The number of amides is 1. The molecule has 28 heavy (non-hydrogen) atoms. The highest BCUT2D eigenvalue weighted by Crippen LogP contribution is 2.33. The van der Waals surface area contributed by atoms with Gasteiger partial charge >= 0.3 is 12.1 Å². The van der Waals surface area contributed by atoms with Crippen LogP contribution >= 0.6 is 0 Å². The van der Waals surface area contributed by atoms with Crippen molar-refractivity contribution in [1.29, 1.82) is 0 Å². The molecule has 0 spiro atoms. The number of cyclic esters (lactones) is 1. The summed E-state index contributed by atoms with van der Waals surface area (Å²) in [4.78, 5) is 25.4. The molecule has 1 saturated heterocycles. The maximum absolute atomic E-state index is 12.2. The van der Waals surface area contributed by atoms with E-state index in [1.54, 1.807) is 11.0 Å². The van der Waals surface area contributed by atoms with Crippen LogP contribution in [-0.4, -0.2) is 49.9 Å². The van der Waals surface area contributed by atoms with Crippen LogP contribution in [0.25, 0.3) is 0 Å². The highest BCUT2D eigenvalue weighted by molar-refractivity contribution is 5.75. The molecule has 1 amide bonds. The molecule has 0 bridgehead atoms. The maximum atomic E-state index is 12.2. The third-order valence-corrected chi connectivity index (χ3v) is 4.86. The predicted molar refractivity (Wildman–Crippen MR) is 99.3 cm³/mol. The van der Waals surface area contributed by atoms with Crippen molar-refractivity contribution < 1.29 is 28.5 Å². The Balaban J connectivity index is 1.36. The zero-order chi connectivity index (χ0) is 19.5. The summed E-state index contributed by atoms with van der Waals surface area (Å²) >= 11 is 0. The molecule has 146 valence electrons. The minimum absolute atomic E-state index is 0.111. The van der Waals surface area contributed by atoms with E-state index in [9.17, 15) is 9.59 Å². The van der Waals surface area contributed by atoms with E-state index in [0.717, 1.165) is 11.1 Å². The molecule has 2 atom stereocenters. The lowest BCUT2D eigenvalue weighted by Crippen LogP contribution is -2.37. The van der Waals surface area contributed by atoms with Gasteiger partial charge in [0.25, 0.3) is 0 Å². The van der Waals surface area contributed by atoms with E-state index < -0.39 is 12.1 Å². The molecule has 2 aromatic carbocycles. The monoisotopic (exact) mass is 383 g/mol. The summed E-state index contributed by atoms with van der Waals surface area (Å²) in [5, 5.41) is 0. The number of ether oxygens (including phenoxy) is 4. The smallest absolute Gasteiger partial charge is 0.410 e. The lowest BCUT2D eigenvalue weighted by molar-refractivity contribution is -0.151. The summed E-state index contributed by atoms with van der Waals surface area (Å²) in [6, 6.07) is 15.3. The Bertz CT molecular complexity index is 868. The largest absolute Gasteiger partial charge is 0.485 e. The number of benzene rings is 2. The Morgan fingerprint density at radius 2 is 1.96 bits per heavy atom. The van der Waals surface area contributed by atoms with Crippen molar-refractivity contribution in [2.45, 2.75) is 18.6 Å². The first-order valence-electron chi connectivity index (χ1n) is 9.15. The van der Waals surface area contributed by atoms with Gasteiger partial charge in [-0.3, -0.25) is 0 Å². The van der Waals surface area contributed by atoms with E-state index in [1.807, 2.05) is 42.5 Å². The van der Waals surface area contributed by atoms with Gasteiger partial charge in [0.15, 0.2) is 11.5 Å². The molecule has 7 heteroatoms. The number of nitrogens with zero attached hydrogens (tertiary/aromatic N) is 1. The topological polar surface area (TPSA) is 74.3 Å². The Kier molecular flexibility index (Phi) is 5.06. The van der Waals surface area contributed by atoms with Gasteiger partial charge in [-0.05, 0) is 29.7 Å². The first-order valence-corrected chi connectivity index (χ1v) is 9.15. The standard InChI is InChI=1S/C21H21NO6/c1-25-20(23)19-13-26-17-11-14(7-8-16(17)27-19)9-10-22-12-18(28-21(22)24)15-5-3-2-4-6-15/h2-8,11,18-19H,9-10,12-13H2,1H3/t18-,19?/m0/s1. The van der Waals surface area contributed by atoms with Gasteiger partial charge in [0, 0.05) is 6.54 Å². The third-order valence-electron chi connectivity index (χ3n) is 4.86. The molecular formula is C21H21NO6. The molecule has 0 radical (unpaired) electrons. The predicted octanol–water partition coefficient (Wildman–Crippen LogP) is 2.74. The van der Waals surface area contributed by atoms with Gasteiger partial charge in [0.2, 0.25) is 6.10 Å². The maximum Gasteiger partial charge on any atom is 0.410 e. The molecule has 0 saturated carbocycles. The number of rotatable bonds is 5. The molecular weight excluding hydrogens is 362 g/mol. The van der Waals surface area contributed by atoms with Crippen molar-refractivity contribution in [3.8, 4) is 11.5 Å². The number of hydrogen-bond donors (Lipinski definition) is 0. The number of esters is 1. The highest BCUT2D eigenvalue weighted by atomic mass is 16.6. The van der Waals surface area contributed by atoms with Gasteiger partial charge in [-0.2, -0.15) is 0 Å². The molecule has 2 aliphatic rings. The van der Waals surface area contributed by atoms with Crippen molar-refractivity contribution in [1.82, 2.24) is 4.90 Å². The third kappa shape index (κ3) is 3.74. The first-order chi connectivity index (χ1) is 13.6. The molecule has 2 aliphatic heterocycles. The molecule has 1 fully saturated rings. The highest BCUT2D eigenvalue weighted by Gasteiger charge is 2.32. The lowest BCUT2D eigenvalue weighted by atomic mass is 10.1. The zero-order valence-corrected chi connectivity index (χ0v) is 15.5.